The Hall–Kier alpha value is -1.20. The Bertz CT molecular complexity index is 521. The van der Waals surface area contributed by atoms with E-state index in [0.717, 1.165) is 16.0 Å². The number of anilines is 1. The molecule has 0 aliphatic heterocycles. The fraction of sp³-hybridized carbons (Fsp3) is 0.500. The van der Waals surface area contributed by atoms with E-state index in [1.54, 1.807) is 17.7 Å². The standard InChI is InChI=1S/C12H17N3OS/c1-8-6-17-10-9(8)13-7-14-11(10)15-12(2,3)4-5-16/h6-7,16H,4-5H2,1-3H3,(H,13,14,15). The van der Waals surface area contributed by atoms with Gasteiger partial charge in [-0.3, -0.25) is 0 Å². The van der Waals surface area contributed by atoms with Crippen molar-refractivity contribution in [1.82, 2.24) is 9.97 Å². The van der Waals surface area contributed by atoms with Crippen molar-refractivity contribution >= 4 is 27.4 Å². The fourth-order valence-corrected chi connectivity index (χ4v) is 2.67. The molecule has 2 heterocycles. The van der Waals surface area contributed by atoms with Gasteiger partial charge in [-0.15, -0.1) is 11.3 Å². The van der Waals surface area contributed by atoms with Crippen molar-refractivity contribution in [3.8, 4) is 0 Å². The van der Waals surface area contributed by atoms with Gasteiger partial charge in [0.1, 0.15) is 12.1 Å². The average Bonchev–Trinajstić information content (AvgIpc) is 2.61. The minimum Gasteiger partial charge on any atom is -0.396 e. The Labute approximate surface area is 105 Å². The first kappa shape index (κ1) is 12.3. The Morgan fingerprint density at radius 3 is 2.88 bits per heavy atom. The van der Waals surface area contributed by atoms with Crippen LogP contribution in [0.25, 0.3) is 10.2 Å². The zero-order chi connectivity index (χ0) is 12.5. The summed E-state index contributed by atoms with van der Waals surface area (Å²) >= 11 is 1.65. The van der Waals surface area contributed by atoms with Crippen LogP contribution in [-0.2, 0) is 0 Å². The summed E-state index contributed by atoms with van der Waals surface area (Å²) in [6.45, 7) is 6.32. The highest BCUT2D eigenvalue weighted by atomic mass is 32.1. The van der Waals surface area contributed by atoms with Crippen LogP contribution in [-0.4, -0.2) is 27.2 Å². The quantitative estimate of drug-likeness (QED) is 0.877. The van der Waals surface area contributed by atoms with E-state index in [1.807, 2.05) is 0 Å². The van der Waals surface area contributed by atoms with Gasteiger partial charge in [0, 0.05) is 12.1 Å². The molecule has 4 nitrogen and oxygen atoms in total. The Balaban J connectivity index is 2.36. The Kier molecular flexibility index (Phi) is 3.31. The summed E-state index contributed by atoms with van der Waals surface area (Å²) in [4.78, 5) is 8.58. The summed E-state index contributed by atoms with van der Waals surface area (Å²) in [5.74, 6) is 0.853. The average molecular weight is 251 g/mol. The van der Waals surface area contributed by atoms with Crippen molar-refractivity contribution in [2.75, 3.05) is 11.9 Å². The van der Waals surface area contributed by atoms with E-state index in [4.69, 9.17) is 5.11 Å². The summed E-state index contributed by atoms with van der Waals surface area (Å²) < 4.78 is 1.08. The predicted molar refractivity (Wildman–Crippen MR) is 71.6 cm³/mol. The number of aryl methyl sites for hydroxylation is 1. The van der Waals surface area contributed by atoms with Crippen molar-refractivity contribution < 1.29 is 5.11 Å². The summed E-state index contributed by atoms with van der Waals surface area (Å²) in [5, 5.41) is 14.5. The Morgan fingerprint density at radius 1 is 1.41 bits per heavy atom. The number of rotatable bonds is 4. The topological polar surface area (TPSA) is 58.0 Å². The van der Waals surface area contributed by atoms with Gasteiger partial charge in [-0.05, 0) is 38.1 Å². The van der Waals surface area contributed by atoms with Crippen LogP contribution in [0.2, 0.25) is 0 Å². The van der Waals surface area contributed by atoms with Crippen molar-refractivity contribution in [3.05, 3.63) is 17.3 Å². The maximum Gasteiger partial charge on any atom is 0.147 e. The molecule has 0 saturated heterocycles. The normalized spacial score (nSPS) is 12.0. The van der Waals surface area contributed by atoms with Gasteiger partial charge in [-0.2, -0.15) is 0 Å². The van der Waals surface area contributed by atoms with Crippen LogP contribution in [0.3, 0.4) is 0 Å². The van der Waals surface area contributed by atoms with Gasteiger partial charge in [0.25, 0.3) is 0 Å². The van der Waals surface area contributed by atoms with Gasteiger partial charge in [-0.1, -0.05) is 0 Å². The zero-order valence-corrected chi connectivity index (χ0v) is 11.1. The van der Waals surface area contributed by atoms with E-state index >= 15 is 0 Å². The van der Waals surface area contributed by atoms with Crippen molar-refractivity contribution in [1.29, 1.82) is 0 Å². The highest BCUT2D eigenvalue weighted by Gasteiger charge is 2.19. The predicted octanol–water partition coefficient (Wildman–Crippen LogP) is 2.57. The van der Waals surface area contributed by atoms with Crippen LogP contribution < -0.4 is 5.32 Å². The van der Waals surface area contributed by atoms with Gasteiger partial charge in [0.2, 0.25) is 0 Å². The molecule has 0 aliphatic rings. The van der Waals surface area contributed by atoms with Gasteiger partial charge >= 0.3 is 0 Å². The molecule has 2 aromatic heterocycles. The fourth-order valence-electron chi connectivity index (χ4n) is 1.72. The van der Waals surface area contributed by atoms with Crippen molar-refractivity contribution in [2.45, 2.75) is 32.7 Å². The van der Waals surface area contributed by atoms with Gasteiger partial charge in [0.05, 0.1) is 10.2 Å². The van der Waals surface area contributed by atoms with E-state index in [2.05, 4.69) is 41.4 Å². The zero-order valence-electron chi connectivity index (χ0n) is 10.3. The largest absolute Gasteiger partial charge is 0.396 e. The number of hydrogen-bond acceptors (Lipinski definition) is 5. The van der Waals surface area contributed by atoms with Crippen LogP contribution in [0.1, 0.15) is 25.8 Å². The molecule has 92 valence electrons. The van der Waals surface area contributed by atoms with E-state index in [1.165, 1.54) is 5.56 Å². The first-order valence-corrected chi connectivity index (χ1v) is 6.49. The molecular formula is C12H17N3OS. The SMILES string of the molecule is Cc1csc2c(NC(C)(C)CCO)ncnc12. The maximum absolute atomic E-state index is 9.03. The third-order valence-corrected chi connectivity index (χ3v) is 3.82. The molecule has 0 aliphatic carbocycles. The van der Waals surface area contributed by atoms with Gasteiger partial charge in [-0.25, -0.2) is 9.97 Å². The molecule has 2 aromatic rings. The third kappa shape index (κ3) is 2.56. The number of hydrogen-bond donors (Lipinski definition) is 2. The van der Waals surface area contributed by atoms with E-state index in [0.29, 0.717) is 6.42 Å². The number of nitrogens with zero attached hydrogens (tertiary/aromatic N) is 2. The van der Waals surface area contributed by atoms with Crippen molar-refractivity contribution in [3.63, 3.8) is 0 Å². The minimum absolute atomic E-state index is 0.164. The monoisotopic (exact) mass is 251 g/mol. The maximum atomic E-state index is 9.03. The third-order valence-electron chi connectivity index (χ3n) is 2.72. The summed E-state index contributed by atoms with van der Waals surface area (Å²) in [7, 11) is 0. The number of nitrogens with one attached hydrogen (secondary N) is 1. The molecule has 0 aromatic carbocycles. The lowest BCUT2D eigenvalue weighted by molar-refractivity contribution is 0.260. The molecule has 2 N–H and O–H groups in total. The second kappa shape index (κ2) is 4.58. The number of aliphatic hydroxyl groups is 1. The smallest absolute Gasteiger partial charge is 0.147 e. The van der Waals surface area contributed by atoms with Crippen LogP contribution >= 0.6 is 11.3 Å². The molecule has 0 saturated carbocycles. The molecule has 0 amide bonds. The first-order chi connectivity index (χ1) is 8.03. The first-order valence-electron chi connectivity index (χ1n) is 5.61. The lowest BCUT2D eigenvalue weighted by atomic mass is 10.0. The van der Waals surface area contributed by atoms with Gasteiger partial charge in [0.15, 0.2) is 0 Å². The van der Waals surface area contributed by atoms with Crippen LogP contribution in [0.4, 0.5) is 5.82 Å². The molecule has 0 unspecified atom stereocenters. The van der Waals surface area contributed by atoms with Gasteiger partial charge < -0.3 is 10.4 Å². The highest BCUT2D eigenvalue weighted by molar-refractivity contribution is 7.18. The molecule has 2 rings (SSSR count). The molecule has 0 spiro atoms. The number of thiophene rings is 1. The van der Waals surface area contributed by atoms with Crippen LogP contribution in [0.15, 0.2) is 11.7 Å². The summed E-state index contributed by atoms with van der Waals surface area (Å²) in [6, 6.07) is 0. The second-order valence-corrected chi connectivity index (χ2v) is 5.68. The molecule has 5 heteroatoms. The number of aromatic nitrogens is 2. The van der Waals surface area contributed by atoms with Crippen LogP contribution in [0.5, 0.6) is 0 Å². The number of aliphatic hydroxyl groups excluding tert-OH is 1. The molecule has 0 atom stereocenters. The van der Waals surface area contributed by atoms with E-state index < -0.39 is 0 Å². The molecular weight excluding hydrogens is 234 g/mol. The summed E-state index contributed by atoms with van der Waals surface area (Å²) in [6.07, 6.45) is 2.27. The minimum atomic E-state index is -0.173. The molecule has 0 radical (unpaired) electrons. The Morgan fingerprint density at radius 2 is 2.18 bits per heavy atom. The van der Waals surface area contributed by atoms with E-state index in [-0.39, 0.29) is 12.1 Å². The lowest BCUT2D eigenvalue weighted by Gasteiger charge is -2.26. The number of fused-ring (bicyclic) bond motifs is 1. The van der Waals surface area contributed by atoms with E-state index in [9.17, 15) is 0 Å². The molecule has 17 heavy (non-hydrogen) atoms. The highest BCUT2D eigenvalue weighted by Crippen LogP contribution is 2.30. The molecule has 0 bridgehead atoms. The lowest BCUT2D eigenvalue weighted by Crippen LogP contribution is -2.32. The van der Waals surface area contributed by atoms with Crippen LogP contribution in [0, 0.1) is 6.92 Å². The summed E-state index contributed by atoms with van der Waals surface area (Å²) in [5.41, 5.74) is 2.01. The molecule has 0 fully saturated rings. The van der Waals surface area contributed by atoms with Crippen molar-refractivity contribution in [2.24, 2.45) is 0 Å². The second-order valence-electron chi connectivity index (χ2n) is 4.80.